The van der Waals surface area contributed by atoms with Gasteiger partial charge in [-0.3, -0.25) is 4.79 Å². The summed E-state index contributed by atoms with van der Waals surface area (Å²) in [6.45, 7) is 1.55. The van der Waals surface area contributed by atoms with Gasteiger partial charge in [-0.1, -0.05) is 6.92 Å². The second-order valence-electron chi connectivity index (χ2n) is 4.80. The molecule has 1 aromatic carbocycles. The molecule has 1 N–H and O–H groups in total. The molecule has 0 radical (unpaired) electrons. The molecule has 0 fully saturated rings. The van der Waals surface area contributed by atoms with Crippen LogP contribution in [0.1, 0.15) is 6.92 Å². The molecule has 22 heavy (non-hydrogen) atoms. The van der Waals surface area contributed by atoms with E-state index in [-0.39, 0.29) is 27.7 Å². The predicted octanol–water partition coefficient (Wildman–Crippen LogP) is 1.56. The number of ether oxygens (including phenoxy) is 1. The number of phenolic OH excluding ortho intramolecular Hbond substituents is 1. The fourth-order valence-corrected chi connectivity index (χ4v) is 2.99. The van der Waals surface area contributed by atoms with E-state index in [0.717, 1.165) is 0 Å². The van der Waals surface area contributed by atoms with Crippen molar-refractivity contribution in [3.63, 3.8) is 0 Å². The molecule has 2 aromatic rings. The summed E-state index contributed by atoms with van der Waals surface area (Å²) in [6, 6.07) is 5.56. The highest BCUT2D eigenvalue weighted by Gasteiger charge is 2.16. The fraction of sp³-hybridized carbons (Fsp3) is 0.267. The van der Waals surface area contributed by atoms with Gasteiger partial charge in [-0.05, 0) is 24.3 Å². The van der Waals surface area contributed by atoms with Crippen LogP contribution in [0.2, 0.25) is 0 Å². The monoisotopic (exact) mass is 323 g/mol. The van der Waals surface area contributed by atoms with Gasteiger partial charge in [0.1, 0.15) is 5.75 Å². The summed E-state index contributed by atoms with van der Waals surface area (Å²) in [7, 11) is -0.463. The normalized spacial score (nSPS) is 11.4. The molecule has 1 heterocycles. The average Bonchev–Trinajstić information content (AvgIpc) is 2.50. The Bertz CT molecular complexity index is 868. The summed E-state index contributed by atoms with van der Waals surface area (Å²) < 4.78 is 30.3. The molecule has 0 saturated heterocycles. The molecule has 0 aliphatic heterocycles. The van der Waals surface area contributed by atoms with E-state index >= 15 is 0 Å². The smallest absolute Gasteiger partial charge is 0.292 e. The van der Waals surface area contributed by atoms with Crippen LogP contribution in [0.15, 0.2) is 40.2 Å². The predicted molar refractivity (Wildman–Crippen MR) is 83.1 cm³/mol. The van der Waals surface area contributed by atoms with E-state index in [9.17, 15) is 18.3 Å². The number of aromatic nitrogens is 1. The summed E-state index contributed by atoms with van der Waals surface area (Å²) in [5.74, 6) is 0.00674. The molecule has 1 aromatic heterocycles. The van der Waals surface area contributed by atoms with Crippen LogP contribution in [0.25, 0.3) is 11.1 Å². The topological polar surface area (TPSA) is 85.6 Å². The third kappa shape index (κ3) is 2.85. The van der Waals surface area contributed by atoms with E-state index in [4.69, 9.17) is 4.74 Å². The van der Waals surface area contributed by atoms with Gasteiger partial charge in [0.05, 0.1) is 17.8 Å². The molecular formula is C15H17NO5S. The zero-order valence-electron chi connectivity index (χ0n) is 12.5. The summed E-state index contributed by atoms with van der Waals surface area (Å²) in [5.41, 5.74) is 0.496. The molecule has 0 aliphatic carbocycles. The quantitative estimate of drug-likeness (QED) is 0.923. The first-order valence-electron chi connectivity index (χ1n) is 6.61. The lowest BCUT2D eigenvalue weighted by Gasteiger charge is -2.11. The summed E-state index contributed by atoms with van der Waals surface area (Å²) in [5, 5.41) is 10.0. The van der Waals surface area contributed by atoms with Crippen LogP contribution < -0.4 is 10.3 Å². The van der Waals surface area contributed by atoms with E-state index in [1.54, 1.807) is 14.0 Å². The number of hydrogen-bond donors (Lipinski definition) is 1. The van der Waals surface area contributed by atoms with Crippen molar-refractivity contribution < 1.29 is 18.3 Å². The lowest BCUT2D eigenvalue weighted by molar-refractivity contribution is 0.405. The van der Waals surface area contributed by atoms with E-state index in [1.807, 2.05) is 0 Å². The molecule has 0 saturated carbocycles. The minimum absolute atomic E-state index is 0.0339. The van der Waals surface area contributed by atoms with Gasteiger partial charge < -0.3 is 14.4 Å². The summed E-state index contributed by atoms with van der Waals surface area (Å²) >= 11 is 0. The van der Waals surface area contributed by atoms with Crippen LogP contribution in [-0.2, 0) is 16.9 Å². The Kier molecular flexibility index (Phi) is 4.27. The molecule has 0 bridgehead atoms. The molecule has 7 heteroatoms. The van der Waals surface area contributed by atoms with Crippen molar-refractivity contribution in [2.45, 2.75) is 11.8 Å². The van der Waals surface area contributed by atoms with Gasteiger partial charge >= 0.3 is 0 Å². The van der Waals surface area contributed by atoms with Gasteiger partial charge in [-0.15, -0.1) is 0 Å². The highest BCUT2D eigenvalue weighted by atomic mass is 32.2. The van der Waals surface area contributed by atoms with E-state index in [0.29, 0.717) is 11.1 Å². The van der Waals surface area contributed by atoms with Gasteiger partial charge in [0.25, 0.3) is 5.56 Å². The van der Waals surface area contributed by atoms with Crippen LogP contribution in [0.3, 0.4) is 0 Å². The van der Waals surface area contributed by atoms with E-state index in [1.165, 1.54) is 42.1 Å². The van der Waals surface area contributed by atoms with Gasteiger partial charge in [-0.2, -0.15) is 0 Å². The number of phenols is 1. The summed E-state index contributed by atoms with van der Waals surface area (Å²) in [4.78, 5) is 11.9. The van der Waals surface area contributed by atoms with Crippen molar-refractivity contribution in [3.8, 4) is 22.6 Å². The number of nitrogens with zero attached hydrogens (tertiary/aromatic N) is 1. The molecule has 0 amide bonds. The Morgan fingerprint density at radius 1 is 1.27 bits per heavy atom. The fourth-order valence-electron chi connectivity index (χ4n) is 2.08. The van der Waals surface area contributed by atoms with Crippen molar-refractivity contribution in [3.05, 3.63) is 40.8 Å². The lowest BCUT2D eigenvalue weighted by atomic mass is 10.1. The number of rotatable bonds is 4. The van der Waals surface area contributed by atoms with Gasteiger partial charge in [0, 0.05) is 24.4 Å². The van der Waals surface area contributed by atoms with Crippen molar-refractivity contribution >= 4 is 9.84 Å². The van der Waals surface area contributed by atoms with Crippen molar-refractivity contribution in [1.82, 2.24) is 4.57 Å². The molecule has 6 nitrogen and oxygen atoms in total. The number of benzene rings is 1. The first-order chi connectivity index (χ1) is 10.3. The standard InChI is InChI=1S/C15H17NO5S/c1-4-22(19,20)11-5-6-13(17)12(8-11)10-7-14(21-3)15(18)16(2)9-10/h5-9,17H,4H2,1-3H3. The molecule has 118 valence electrons. The number of aryl methyl sites for hydroxylation is 1. The molecule has 0 atom stereocenters. The average molecular weight is 323 g/mol. The Balaban J connectivity index is 2.70. The third-order valence-corrected chi connectivity index (χ3v) is 5.12. The maximum Gasteiger partial charge on any atom is 0.292 e. The number of hydrogen-bond acceptors (Lipinski definition) is 5. The Morgan fingerprint density at radius 3 is 2.55 bits per heavy atom. The van der Waals surface area contributed by atoms with E-state index < -0.39 is 9.84 Å². The molecule has 2 rings (SSSR count). The SMILES string of the molecule is CCS(=O)(=O)c1ccc(O)c(-c2cc(OC)c(=O)n(C)c2)c1. The number of methoxy groups -OCH3 is 1. The zero-order valence-corrected chi connectivity index (χ0v) is 13.3. The van der Waals surface area contributed by atoms with E-state index in [2.05, 4.69) is 0 Å². The minimum Gasteiger partial charge on any atom is -0.507 e. The van der Waals surface area contributed by atoms with Gasteiger partial charge in [0.2, 0.25) is 0 Å². The molecule has 0 unspecified atom stereocenters. The van der Waals surface area contributed by atoms with Crippen LogP contribution in [-0.4, -0.2) is 31.0 Å². The Morgan fingerprint density at radius 2 is 1.95 bits per heavy atom. The van der Waals surface area contributed by atoms with Gasteiger partial charge in [0.15, 0.2) is 15.6 Å². The second-order valence-corrected chi connectivity index (χ2v) is 7.07. The summed E-state index contributed by atoms with van der Waals surface area (Å²) in [6.07, 6.45) is 1.52. The molecule has 0 spiro atoms. The zero-order chi connectivity index (χ0) is 16.5. The largest absolute Gasteiger partial charge is 0.507 e. The minimum atomic E-state index is -3.39. The van der Waals surface area contributed by atoms with Gasteiger partial charge in [-0.25, -0.2) is 8.42 Å². The number of aromatic hydroxyl groups is 1. The highest BCUT2D eigenvalue weighted by Crippen LogP contribution is 2.32. The van der Waals surface area contributed by atoms with Crippen molar-refractivity contribution in [2.24, 2.45) is 7.05 Å². The lowest BCUT2D eigenvalue weighted by Crippen LogP contribution is -2.17. The maximum absolute atomic E-state index is 12.0. The van der Waals surface area contributed by atoms with Crippen LogP contribution >= 0.6 is 0 Å². The maximum atomic E-state index is 12.0. The van der Waals surface area contributed by atoms with Crippen molar-refractivity contribution in [2.75, 3.05) is 12.9 Å². The number of sulfone groups is 1. The Labute approximate surface area is 128 Å². The Hall–Kier alpha value is -2.28. The first kappa shape index (κ1) is 16.1. The third-order valence-electron chi connectivity index (χ3n) is 3.39. The second kappa shape index (κ2) is 5.84. The first-order valence-corrected chi connectivity index (χ1v) is 8.26. The molecular weight excluding hydrogens is 306 g/mol. The highest BCUT2D eigenvalue weighted by molar-refractivity contribution is 7.91. The van der Waals surface area contributed by atoms with Crippen LogP contribution in [0.5, 0.6) is 11.5 Å². The van der Waals surface area contributed by atoms with Crippen LogP contribution in [0, 0.1) is 0 Å². The molecule has 0 aliphatic rings. The van der Waals surface area contributed by atoms with Crippen LogP contribution in [0.4, 0.5) is 0 Å². The number of pyridine rings is 1. The van der Waals surface area contributed by atoms with Crippen molar-refractivity contribution in [1.29, 1.82) is 0 Å².